The van der Waals surface area contributed by atoms with Gasteiger partial charge in [-0.1, -0.05) is 29.8 Å². The molecule has 0 aliphatic heterocycles. The van der Waals surface area contributed by atoms with E-state index in [2.05, 4.69) is 55.2 Å². The summed E-state index contributed by atoms with van der Waals surface area (Å²) in [5, 5.41) is 8.96. The number of pyridine rings is 1. The normalized spacial score (nSPS) is 10.4. The van der Waals surface area contributed by atoms with Crippen LogP contribution in [-0.2, 0) is 6.42 Å². The van der Waals surface area contributed by atoms with E-state index in [1.54, 1.807) is 17.4 Å². The molecule has 2 nitrogen and oxygen atoms in total. The summed E-state index contributed by atoms with van der Waals surface area (Å²) in [6.07, 6.45) is 0.941. The second-order valence-corrected chi connectivity index (χ2v) is 6.56. The van der Waals surface area contributed by atoms with E-state index < -0.39 is 0 Å². The molecule has 0 amide bonds. The summed E-state index contributed by atoms with van der Waals surface area (Å²) in [5.41, 5.74) is 5.32. The van der Waals surface area contributed by atoms with Crippen molar-refractivity contribution in [2.24, 2.45) is 0 Å². The van der Waals surface area contributed by atoms with Gasteiger partial charge in [0.1, 0.15) is 11.8 Å². The van der Waals surface area contributed by atoms with Gasteiger partial charge >= 0.3 is 0 Å². The number of thiophene rings is 1. The van der Waals surface area contributed by atoms with Gasteiger partial charge in [-0.2, -0.15) is 5.26 Å². The number of nitrogens with zero attached hydrogens (tertiary/aromatic N) is 2. The zero-order valence-corrected chi connectivity index (χ0v) is 13.4. The van der Waals surface area contributed by atoms with Gasteiger partial charge in [0, 0.05) is 11.3 Å². The predicted octanol–water partition coefficient (Wildman–Crippen LogP) is 4.89. The van der Waals surface area contributed by atoms with Crippen LogP contribution in [0.1, 0.15) is 27.3 Å². The molecule has 0 saturated carbocycles. The van der Waals surface area contributed by atoms with Crippen LogP contribution in [0, 0.1) is 25.2 Å². The lowest BCUT2D eigenvalue weighted by molar-refractivity contribution is 1.18. The molecule has 0 spiro atoms. The van der Waals surface area contributed by atoms with Crippen LogP contribution in [0.3, 0.4) is 0 Å². The molecule has 0 N–H and O–H groups in total. The lowest BCUT2D eigenvalue weighted by Gasteiger charge is -2.05. The fraction of sp³-hybridized carbons (Fsp3) is 0.158. The molecule has 3 rings (SSSR count). The third-order valence-electron chi connectivity index (χ3n) is 3.65. The lowest BCUT2D eigenvalue weighted by Crippen LogP contribution is -1.90. The maximum atomic E-state index is 8.96. The molecule has 0 bridgehead atoms. The summed E-state index contributed by atoms with van der Waals surface area (Å²) in [4.78, 5) is 6.78. The monoisotopic (exact) mass is 304 g/mol. The van der Waals surface area contributed by atoms with Crippen molar-refractivity contribution in [1.82, 2.24) is 4.98 Å². The van der Waals surface area contributed by atoms with Crippen molar-refractivity contribution in [3.8, 4) is 16.6 Å². The van der Waals surface area contributed by atoms with Crippen molar-refractivity contribution < 1.29 is 0 Å². The van der Waals surface area contributed by atoms with Crippen LogP contribution < -0.4 is 0 Å². The third kappa shape index (κ3) is 3.08. The van der Waals surface area contributed by atoms with Gasteiger partial charge in [0.2, 0.25) is 0 Å². The second-order valence-electron chi connectivity index (χ2n) is 5.39. The fourth-order valence-corrected chi connectivity index (χ4v) is 3.42. The van der Waals surface area contributed by atoms with Crippen molar-refractivity contribution in [1.29, 1.82) is 5.26 Å². The Balaban J connectivity index is 1.88. The third-order valence-corrected chi connectivity index (χ3v) is 4.75. The van der Waals surface area contributed by atoms with Gasteiger partial charge in [-0.25, -0.2) is 4.98 Å². The second kappa shape index (κ2) is 6.13. The molecule has 0 saturated heterocycles. The van der Waals surface area contributed by atoms with Crippen LogP contribution in [0.5, 0.6) is 0 Å². The standard InChI is InChI=1S/C19H16N2S/c1-13-6-7-14(2)15(10-13)11-17-8-9-19(22-17)18-5-3-4-16(12-20)21-18/h3-10H,11H2,1-2H3. The highest BCUT2D eigenvalue weighted by Crippen LogP contribution is 2.29. The molecule has 22 heavy (non-hydrogen) atoms. The molecule has 1 aromatic carbocycles. The minimum Gasteiger partial charge on any atom is -0.236 e. The van der Waals surface area contributed by atoms with Crippen LogP contribution in [0.4, 0.5) is 0 Å². The van der Waals surface area contributed by atoms with Crippen molar-refractivity contribution in [3.63, 3.8) is 0 Å². The van der Waals surface area contributed by atoms with Gasteiger partial charge in [0.15, 0.2) is 0 Å². The molecule has 0 radical (unpaired) electrons. The molecule has 0 aliphatic carbocycles. The van der Waals surface area contributed by atoms with Gasteiger partial charge < -0.3 is 0 Å². The lowest BCUT2D eigenvalue weighted by atomic mass is 10.0. The van der Waals surface area contributed by atoms with E-state index in [0.717, 1.165) is 17.0 Å². The maximum absolute atomic E-state index is 8.96. The minimum atomic E-state index is 0.460. The van der Waals surface area contributed by atoms with E-state index in [9.17, 15) is 0 Å². The fourth-order valence-electron chi connectivity index (χ4n) is 2.42. The molecular weight excluding hydrogens is 288 g/mol. The first-order chi connectivity index (χ1) is 10.7. The molecule has 3 aromatic rings. The Morgan fingerprint density at radius 2 is 1.95 bits per heavy atom. The van der Waals surface area contributed by atoms with Crippen LogP contribution in [0.25, 0.3) is 10.6 Å². The van der Waals surface area contributed by atoms with Gasteiger partial charge in [-0.15, -0.1) is 11.3 Å². The molecule has 0 unspecified atom stereocenters. The number of rotatable bonds is 3. The van der Waals surface area contributed by atoms with Crippen molar-refractivity contribution in [2.45, 2.75) is 20.3 Å². The van der Waals surface area contributed by atoms with E-state index in [-0.39, 0.29) is 0 Å². The molecule has 0 aliphatic rings. The summed E-state index contributed by atoms with van der Waals surface area (Å²) < 4.78 is 0. The van der Waals surface area contributed by atoms with Crippen LogP contribution >= 0.6 is 11.3 Å². The predicted molar refractivity (Wildman–Crippen MR) is 91.0 cm³/mol. The molecule has 3 heteroatoms. The zero-order valence-electron chi connectivity index (χ0n) is 12.6. The molecule has 2 heterocycles. The molecule has 0 atom stereocenters. The maximum Gasteiger partial charge on any atom is 0.141 e. The Morgan fingerprint density at radius 1 is 1.09 bits per heavy atom. The van der Waals surface area contributed by atoms with Crippen LogP contribution in [0.15, 0.2) is 48.5 Å². The van der Waals surface area contributed by atoms with E-state index >= 15 is 0 Å². The summed E-state index contributed by atoms with van der Waals surface area (Å²) in [6.45, 7) is 4.28. The molecular formula is C19H16N2S. The van der Waals surface area contributed by atoms with Crippen LogP contribution in [-0.4, -0.2) is 4.98 Å². The smallest absolute Gasteiger partial charge is 0.141 e. The van der Waals surface area contributed by atoms with Gasteiger partial charge in [-0.3, -0.25) is 0 Å². The van der Waals surface area contributed by atoms with E-state index in [4.69, 9.17) is 5.26 Å². The quantitative estimate of drug-likeness (QED) is 0.691. The first kappa shape index (κ1) is 14.5. The number of nitriles is 1. The summed E-state index contributed by atoms with van der Waals surface area (Å²) >= 11 is 1.74. The largest absolute Gasteiger partial charge is 0.236 e. The average Bonchev–Trinajstić information content (AvgIpc) is 2.99. The highest BCUT2D eigenvalue weighted by molar-refractivity contribution is 7.15. The van der Waals surface area contributed by atoms with Crippen molar-refractivity contribution in [3.05, 3.63) is 75.8 Å². The Labute approximate surface area is 134 Å². The highest BCUT2D eigenvalue weighted by Gasteiger charge is 2.07. The van der Waals surface area contributed by atoms with Gasteiger partial charge in [0.25, 0.3) is 0 Å². The molecule has 0 fully saturated rings. The Kier molecular flexibility index (Phi) is 4.04. The van der Waals surface area contributed by atoms with E-state index in [1.165, 1.54) is 21.6 Å². The Morgan fingerprint density at radius 3 is 2.77 bits per heavy atom. The van der Waals surface area contributed by atoms with E-state index in [1.807, 2.05) is 12.1 Å². The highest BCUT2D eigenvalue weighted by atomic mass is 32.1. The zero-order chi connectivity index (χ0) is 15.5. The van der Waals surface area contributed by atoms with Crippen molar-refractivity contribution >= 4 is 11.3 Å². The van der Waals surface area contributed by atoms with Crippen molar-refractivity contribution in [2.75, 3.05) is 0 Å². The number of aromatic nitrogens is 1. The summed E-state index contributed by atoms with van der Waals surface area (Å²) in [5.74, 6) is 0. The number of hydrogen-bond acceptors (Lipinski definition) is 3. The van der Waals surface area contributed by atoms with Gasteiger partial charge in [0.05, 0.1) is 10.6 Å². The Hall–Kier alpha value is -2.44. The first-order valence-corrected chi connectivity index (χ1v) is 8.00. The number of aryl methyl sites for hydroxylation is 2. The SMILES string of the molecule is Cc1ccc(C)c(Cc2ccc(-c3cccc(C#N)n3)s2)c1. The first-order valence-electron chi connectivity index (χ1n) is 7.18. The van der Waals surface area contributed by atoms with E-state index in [0.29, 0.717) is 5.69 Å². The minimum absolute atomic E-state index is 0.460. The Bertz CT molecular complexity index is 856. The topological polar surface area (TPSA) is 36.7 Å². The molecule has 108 valence electrons. The summed E-state index contributed by atoms with van der Waals surface area (Å²) in [6, 6.07) is 18.5. The summed E-state index contributed by atoms with van der Waals surface area (Å²) in [7, 11) is 0. The number of hydrogen-bond donors (Lipinski definition) is 0. The number of benzene rings is 1. The molecule has 2 aromatic heterocycles. The van der Waals surface area contributed by atoms with Crippen LogP contribution in [0.2, 0.25) is 0 Å². The average molecular weight is 304 g/mol. The van der Waals surface area contributed by atoms with Gasteiger partial charge in [-0.05, 0) is 49.2 Å².